The minimum absolute atomic E-state index is 0.000820. The van der Waals surface area contributed by atoms with Gasteiger partial charge in [-0.05, 0) is 57.8 Å². The van der Waals surface area contributed by atoms with E-state index < -0.39 is 20.0 Å². The van der Waals surface area contributed by atoms with Gasteiger partial charge >= 0.3 is 0 Å². The van der Waals surface area contributed by atoms with Gasteiger partial charge in [0.05, 0.1) is 39.9 Å². The Balaban J connectivity index is 3.87. The quantitative estimate of drug-likeness (QED) is 0.0272. The molecule has 0 aliphatic heterocycles. The largest absolute Gasteiger partial charge is 0.756 e. The summed E-state index contributed by atoms with van der Waals surface area (Å²) in [5.41, 5.74) is 0. The summed E-state index contributed by atoms with van der Waals surface area (Å²) in [5.74, 6) is -0.192. The van der Waals surface area contributed by atoms with Crippen LogP contribution in [0.2, 0.25) is 0 Å². The van der Waals surface area contributed by atoms with Crippen LogP contribution in [0, 0.1) is 0 Å². The second-order valence-electron chi connectivity index (χ2n) is 24.5. The van der Waals surface area contributed by atoms with Crippen molar-refractivity contribution in [2.75, 3.05) is 40.9 Å². The third-order valence-electron chi connectivity index (χ3n) is 15.5. The summed E-state index contributed by atoms with van der Waals surface area (Å²) in [6.07, 6.45) is 81.0. The molecule has 78 heavy (non-hydrogen) atoms. The average Bonchev–Trinajstić information content (AvgIpc) is 3.41. The van der Waals surface area contributed by atoms with Crippen LogP contribution in [-0.4, -0.2) is 68.5 Å². The first-order chi connectivity index (χ1) is 38.0. The van der Waals surface area contributed by atoms with Crippen molar-refractivity contribution < 1.29 is 32.9 Å². The van der Waals surface area contributed by atoms with E-state index in [-0.39, 0.29) is 19.1 Å². The Bertz CT molecular complexity index is 1410. The topological polar surface area (TPSA) is 108 Å². The van der Waals surface area contributed by atoms with E-state index in [1.54, 1.807) is 6.08 Å². The fourth-order valence-electron chi connectivity index (χ4n) is 10.2. The van der Waals surface area contributed by atoms with Crippen LogP contribution in [0.3, 0.4) is 0 Å². The van der Waals surface area contributed by atoms with Crippen LogP contribution in [0.5, 0.6) is 0 Å². The van der Waals surface area contributed by atoms with Gasteiger partial charge in [0.2, 0.25) is 5.91 Å². The standard InChI is InChI=1S/C69H133N2O6P/c1-6-8-10-12-14-16-18-20-22-23-24-25-26-27-28-29-30-31-32-33-34-35-36-37-38-39-40-41-42-43-44-45-46-47-49-51-53-55-57-59-61-63-69(73)70-67(66-77-78(74,75)76-65-64-71(3,4)5)68(72)62-60-58-56-54-52-50-48-21-19-17-15-13-11-9-7-2/h18,20,23-24,26-27,60,62,67-68,72H,6-17,19,21-22,25,28-59,61,63-66H2,1-5H3,(H-,70,73,74,75)/b20-18-,24-23-,27-26-,62-60+. The van der Waals surface area contributed by atoms with Gasteiger partial charge in [-0.15, -0.1) is 0 Å². The monoisotopic (exact) mass is 1120 g/mol. The lowest BCUT2D eigenvalue weighted by Crippen LogP contribution is -2.45. The van der Waals surface area contributed by atoms with E-state index >= 15 is 0 Å². The van der Waals surface area contributed by atoms with Crippen molar-refractivity contribution in [3.63, 3.8) is 0 Å². The number of carbonyl (C=O) groups excluding carboxylic acids is 1. The number of likely N-dealkylation sites (N-methyl/N-ethyl adjacent to an activating group) is 1. The number of aliphatic hydroxyl groups excluding tert-OH is 1. The molecule has 9 heteroatoms. The van der Waals surface area contributed by atoms with Gasteiger partial charge in [0.25, 0.3) is 7.82 Å². The zero-order chi connectivity index (χ0) is 57.0. The van der Waals surface area contributed by atoms with Crippen LogP contribution >= 0.6 is 7.82 Å². The van der Waals surface area contributed by atoms with Crippen LogP contribution in [0.15, 0.2) is 48.6 Å². The highest BCUT2D eigenvalue weighted by Crippen LogP contribution is 2.38. The highest BCUT2D eigenvalue weighted by atomic mass is 31.2. The number of phosphoric ester groups is 1. The zero-order valence-corrected chi connectivity index (χ0v) is 53.5. The molecule has 8 nitrogen and oxygen atoms in total. The number of nitrogens with one attached hydrogen (secondary N) is 1. The fraction of sp³-hybridized carbons (Fsp3) is 0.870. The molecule has 0 aromatic heterocycles. The maximum absolute atomic E-state index is 13.0. The van der Waals surface area contributed by atoms with Crippen LogP contribution in [0.4, 0.5) is 0 Å². The van der Waals surface area contributed by atoms with Crippen molar-refractivity contribution in [1.29, 1.82) is 0 Å². The van der Waals surface area contributed by atoms with Crippen molar-refractivity contribution >= 4 is 13.7 Å². The van der Waals surface area contributed by atoms with E-state index in [0.717, 1.165) is 51.4 Å². The number of unbranched alkanes of at least 4 members (excludes halogenated alkanes) is 44. The molecule has 2 N–H and O–H groups in total. The van der Waals surface area contributed by atoms with Crippen molar-refractivity contribution in [2.45, 2.75) is 347 Å². The summed E-state index contributed by atoms with van der Waals surface area (Å²) in [6, 6.07) is -0.885. The number of allylic oxidation sites excluding steroid dienone is 7. The molecule has 0 rings (SSSR count). The number of aliphatic hydroxyl groups is 1. The maximum Gasteiger partial charge on any atom is 0.268 e. The Kier molecular flexibility index (Phi) is 58.9. The number of amides is 1. The molecule has 0 aromatic carbocycles. The van der Waals surface area contributed by atoms with Crippen LogP contribution in [-0.2, 0) is 18.4 Å². The van der Waals surface area contributed by atoms with Crippen molar-refractivity contribution in [3.8, 4) is 0 Å². The second-order valence-corrected chi connectivity index (χ2v) is 25.9. The Morgan fingerprint density at radius 1 is 0.449 bits per heavy atom. The summed E-state index contributed by atoms with van der Waals surface area (Å²) >= 11 is 0. The van der Waals surface area contributed by atoms with Crippen LogP contribution in [0.25, 0.3) is 0 Å². The normalized spacial score (nSPS) is 14.0. The van der Waals surface area contributed by atoms with Gasteiger partial charge in [-0.3, -0.25) is 9.36 Å². The smallest absolute Gasteiger partial charge is 0.268 e. The first-order valence-electron chi connectivity index (χ1n) is 34.0. The molecule has 0 bridgehead atoms. The van der Waals surface area contributed by atoms with E-state index in [9.17, 15) is 19.4 Å². The zero-order valence-electron chi connectivity index (χ0n) is 52.6. The lowest BCUT2D eigenvalue weighted by molar-refractivity contribution is -0.870. The molecule has 0 aliphatic carbocycles. The molecule has 3 unspecified atom stereocenters. The maximum atomic E-state index is 13.0. The van der Waals surface area contributed by atoms with E-state index in [1.807, 2.05) is 27.2 Å². The third-order valence-corrected chi connectivity index (χ3v) is 16.5. The number of rotatable bonds is 63. The Morgan fingerprint density at radius 3 is 1.08 bits per heavy atom. The third kappa shape index (κ3) is 62.1. The minimum Gasteiger partial charge on any atom is -0.756 e. The molecular formula is C69H133N2O6P. The number of nitrogens with zero attached hydrogens (tertiary/aromatic N) is 1. The number of carbonyl (C=O) groups is 1. The Hall–Kier alpha value is -1.54. The molecule has 460 valence electrons. The lowest BCUT2D eigenvalue weighted by atomic mass is 10.0. The molecule has 0 heterocycles. The van der Waals surface area contributed by atoms with Crippen molar-refractivity contribution in [3.05, 3.63) is 48.6 Å². The first-order valence-corrected chi connectivity index (χ1v) is 35.5. The Morgan fingerprint density at radius 2 is 0.744 bits per heavy atom. The molecule has 3 atom stereocenters. The number of quaternary nitrogens is 1. The second kappa shape index (κ2) is 60.1. The average molecular weight is 1120 g/mol. The van der Waals surface area contributed by atoms with Crippen molar-refractivity contribution in [2.24, 2.45) is 0 Å². The highest BCUT2D eigenvalue weighted by Gasteiger charge is 2.23. The van der Waals surface area contributed by atoms with E-state index in [0.29, 0.717) is 17.4 Å². The molecule has 0 spiro atoms. The van der Waals surface area contributed by atoms with Gasteiger partial charge in [0.15, 0.2) is 0 Å². The molecule has 0 fully saturated rings. The van der Waals surface area contributed by atoms with Gasteiger partial charge < -0.3 is 28.8 Å². The first kappa shape index (κ1) is 76.5. The molecular weight excluding hydrogens is 984 g/mol. The summed E-state index contributed by atoms with van der Waals surface area (Å²) < 4.78 is 23.4. The molecule has 1 amide bonds. The summed E-state index contributed by atoms with van der Waals surface area (Å²) in [6.45, 7) is 4.67. The summed E-state index contributed by atoms with van der Waals surface area (Å²) in [5, 5.41) is 13.9. The van der Waals surface area contributed by atoms with Crippen LogP contribution < -0.4 is 10.2 Å². The Labute approximate surface area is 486 Å². The van der Waals surface area contributed by atoms with Crippen LogP contribution in [0.1, 0.15) is 335 Å². The molecule has 0 aliphatic rings. The SMILES string of the molecule is CCCCCCC/C=C\C/C=C\C/C=C\CCCCCCCCCCCCCCCCCCCCCCCCCCCCC(=O)NC(COP(=O)([O-])OCC[N+](C)(C)C)C(O)/C=C/CCCCCCCCCCCCCCC. The summed E-state index contributed by atoms with van der Waals surface area (Å²) in [4.78, 5) is 25.5. The lowest BCUT2D eigenvalue weighted by Gasteiger charge is -2.29. The molecule has 0 saturated heterocycles. The van der Waals surface area contributed by atoms with E-state index in [2.05, 4.69) is 55.6 Å². The van der Waals surface area contributed by atoms with E-state index in [1.165, 1.54) is 263 Å². The fourth-order valence-corrected chi connectivity index (χ4v) is 10.9. The number of phosphoric acid groups is 1. The predicted octanol–water partition coefficient (Wildman–Crippen LogP) is 20.8. The minimum atomic E-state index is -4.60. The van der Waals surface area contributed by atoms with Crippen molar-refractivity contribution in [1.82, 2.24) is 5.32 Å². The van der Waals surface area contributed by atoms with Gasteiger partial charge in [-0.25, -0.2) is 0 Å². The highest BCUT2D eigenvalue weighted by molar-refractivity contribution is 7.45. The van der Waals surface area contributed by atoms with Gasteiger partial charge in [-0.2, -0.15) is 0 Å². The van der Waals surface area contributed by atoms with E-state index in [4.69, 9.17) is 9.05 Å². The molecule has 0 aromatic rings. The summed E-state index contributed by atoms with van der Waals surface area (Å²) in [7, 11) is 1.27. The predicted molar refractivity (Wildman–Crippen MR) is 339 cm³/mol. The number of hydrogen-bond donors (Lipinski definition) is 2. The number of hydrogen-bond acceptors (Lipinski definition) is 6. The molecule has 0 saturated carbocycles. The molecule has 0 radical (unpaired) electrons. The van der Waals surface area contributed by atoms with Gasteiger partial charge in [0.1, 0.15) is 13.2 Å². The van der Waals surface area contributed by atoms with Gasteiger partial charge in [0, 0.05) is 6.42 Å². The van der Waals surface area contributed by atoms with Gasteiger partial charge in [-0.1, -0.05) is 319 Å².